The fourth-order valence-corrected chi connectivity index (χ4v) is 2.20. The van der Waals surface area contributed by atoms with E-state index in [4.69, 9.17) is 0 Å². The van der Waals surface area contributed by atoms with Gasteiger partial charge < -0.3 is 10.0 Å². The van der Waals surface area contributed by atoms with Gasteiger partial charge in [-0.1, -0.05) is 12.1 Å². The van der Waals surface area contributed by atoms with Crippen molar-refractivity contribution in [3.8, 4) is 5.75 Å². The molecule has 0 saturated carbocycles. The Morgan fingerprint density at radius 1 is 1.40 bits per heavy atom. The lowest BCUT2D eigenvalue weighted by atomic mass is 10.3. The highest BCUT2D eigenvalue weighted by atomic mass is 32.2. The largest absolute Gasteiger partial charge is 0.507 e. The molecule has 0 aromatic heterocycles. The van der Waals surface area contributed by atoms with Crippen molar-refractivity contribution in [1.29, 1.82) is 0 Å². The second-order valence-electron chi connectivity index (χ2n) is 3.46. The van der Waals surface area contributed by atoms with Gasteiger partial charge in [-0.05, 0) is 19.1 Å². The molecule has 1 N–H and O–H groups in total. The van der Waals surface area contributed by atoms with E-state index in [1.54, 1.807) is 37.2 Å². The van der Waals surface area contributed by atoms with E-state index in [0.717, 1.165) is 4.90 Å². The molecule has 0 fully saturated rings. The number of amides is 1. The SMILES string of the molecule is CC(Sc1ccccc1O)C(=O)N(C)C. The summed E-state index contributed by atoms with van der Waals surface area (Å²) >= 11 is 1.37. The molecule has 0 aliphatic rings. The maximum absolute atomic E-state index is 11.6. The Hall–Kier alpha value is -1.16. The average Bonchev–Trinajstić information content (AvgIpc) is 2.20. The number of carbonyl (C=O) groups is 1. The van der Waals surface area contributed by atoms with E-state index in [2.05, 4.69) is 0 Å². The first-order chi connectivity index (χ1) is 7.02. The quantitative estimate of drug-likeness (QED) is 0.799. The minimum atomic E-state index is -0.187. The molecule has 1 aromatic carbocycles. The van der Waals surface area contributed by atoms with Crippen LogP contribution in [0.4, 0.5) is 0 Å². The normalized spacial score (nSPS) is 12.2. The molecular weight excluding hydrogens is 210 g/mol. The molecule has 0 bridgehead atoms. The van der Waals surface area contributed by atoms with Gasteiger partial charge >= 0.3 is 0 Å². The molecule has 0 saturated heterocycles. The summed E-state index contributed by atoms with van der Waals surface area (Å²) in [5.41, 5.74) is 0. The summed E-state index contributed by atoms with van der Waals surface area (Å²) in [6, 6.07) is 7.03. The Bertz CT molecular complexity index is 352. The van der Waals surface area contributed by atoms with E-state index in [-0.39, 0.29) is 16.9 Å². The lowest BCUT2D eigenvalue weighted by molar-refractivity contribution is -0.127. The van der Waals surface area contributed by atoms with Gasteiger partial charge in [0.15, 0.2) is 0 Å². The van der Waals surface area contributed by atoms with Crippen molar-refractivity contribution >= 4 is 17.7 Å². The Labute approximate surface area is 94.1 Å². The standard InChI is InChI=1S/C11H15NO2S/c1-8(11(14)12(2)3)15-10-7-5-4-6-9(10)13/h4-8,13H,1-3H3. The average molecular weight is 225 g/mol. The summed E-state index contributed by atoms with van der Waals surface area (Å²) in [6.45, 7) is 1.83. The Kier molecular flexibility index (Phi) is 4.03. The second kappa shape index (κ2) is 5.07. The molecular formula is C11H15NO2S. The zero-order valence-corrected chi connectivity index (χ0v) is 9.91. The first-order valence-electron chi connectivity index (χ1n) is 4.68. The van der Waals surface area contributed by atoms with E-state index in [0.29, 0.717) is 0 Å². The number of para-hydroxylation sites is 1. The first kappa shape index (κ1) is 11.9. The van der Waals surface area contributed by atoms with Crippen LogP contribution < -0.4 is 0 Å². The van der Waals surface area contributed by atoms with Crippen molar-refractivity contribution in [2.24, 2.45) is 0 Å². The Balaban J connectivity index is 2.71. The Morgan fingerprint density at radius 2 is 2.00 bits per heavy atom. The van der Waals surface area contributed by atoms with Crippen molar-refractivity contribution in [2.75, 3.05) is 14.1 Å². The number of nitrogens with zero attached hydrogens (tertiary/aromatic N) is 1. The van der Waals surface area contributed by atoms with Gasteiger partial charge in [-0.2, -0.15) is 0 Å². The summed E-state index contributed by atoms with van der Waals surface area (Å²) in [6.07, 6.45) is 0. The molecule has 82 valence electrons. The summed E-state index contributed by atoms with van der Waals surface area (Å²) in [4.78, 5) is 13.9. The minimum Gasteiger partial charge on any atom is -0.507 e. The third kappa shape index (κ3) is 3.16. The fourth-order valence-electron chi connectivity index (χ4n) is 1.16. The highest BCUT2D eigenvalue weighted by Gasteiger charge is 2.17. The lowest BCUT2D eigenvalue weighted by Gasteiger charge is -2.16. The molecule has 1 rings (SSSR count). The minimum absolute atomic E-state index is 0.0447. The number of phenolic OH excluding ortho intramolecular Hbond substituents is 1. The number of carbonyl (C=O) groups excluding carboxylic acids is 1. The zero-order chi connectivity index (χ0) is 11.4. The van der Waals surface area contributed by atoms with Crippen LogP contribution >= 0.6 is 11.8 Å². The van der Waals surface area contributed by atoms with Crippen molar-refractivity contribution < 1.29 is 9.90 Å². The van der Waals surface area contributed by atoms with E-state index in [9.17, 15) is 9.90 Å². The number of hydrogen-bond acceptors (Lipinski definition) is 3. The van der Waals surface area contributed by atoms with Crippen LogP contribution in [0.1, 0.15) is 6.92 Å². The number of hydrogen-bond donors (Lipinski definition) is 1. The molecule has 0 spiro atoms. The second-order valence-corrected chi connectivity index (χ2v) is 4.84. The monoisotopic (exact) mass is 225 g/mol. The highest BCUT2D eigenvalue weighted by molar-refractivity contribution is 8.00. The molecule has 15 heavy (non-hydrogen) atoms. The highest BCUT2D eigenvalue weighted by Crippen LogP contribution is 2.31. The number of rotatable bonds is 3. The van der Waals surface area contributed by atoms with Crippen LogP contribution in [0, 0.1) is 0 Å². The van der Waals surface area contributed by atoms with E-state index in [1.807, 2.05) is 13.0 Å². The third-order valence-electron chi connectivity index (χ3n) is 1.96. The van der Waals surface area contributed by atoms with E-state index in [1.165, 1.54) is 11.8 Å². The van der Waals surface area contributed by atoms with E-state index < -0.39 is 0 Å². The smallest absolute Gasteiger partial charge is 0.235 e. The van der Waals surface area contributed by atoms with Gasteiger partial charge in [0.25, 0.3) is 0 Å². The van der Waals surface area contributed by atoms with Gasteiger partial charge in [-0.3, -0.25) is 4.79 Å². The van der Waals surface area contributed by atoms with Crippen molar-refractivity contribution in [2.45, 2.75) is 17.1 Å². The summed E-state index contributed by atoms with van der Waals surface area (Å²) < 4.78 is 0. The summed E-state index contributed by atoms with van der Waals surface area (Å²) in [5, 5.41) is 9.35. The van der Waals surface area contributed by atoms with Crippen molar-refractivity contribution in [3.05, 3.63) is 24.3 Å². The third-order valence-corrected chi connectivity index (χ3v) is 3.11. The molecule has 4 heteroatoms. The van der Waals surface area contributed by atoms with Crippen LogP contribution in [0.3, 0.4) is 0 Å². The molecule has 0 aliphatic heterocycles. The van der Waals surface area contributed by atoms with Crippen LogP contribution in [0.25, 0.3) is 0 Å². The Morgan fingerprint density at radius 3 is 2.53 bits per heavy atom. The molecule has 1 unspecified atom stereocenters. The number of benzene rings is 1. The van der Waals surface area contributed by atoms with Gasteiger partial charge in [0.1, 0.15) is 5.75 Å². The van der Waals surface area contributed by atoms with Gasteiger partial charge in [0.2, 0.25) is 5.91 Å². The molecule has 1 atom stereocenters. The van der Waals surface area contributed by atoms with Gasteiger partial charge in [0, 0.05) is 19.0 Å². The molecule has 0 aliphatic carbocycles. The molecule has 0 heterocycles. The van der Waals surface area contributed by atoms with Crippen LogP contribution in [-0.2, 0) is 4.79 Å². The first-order valence-corrected chi connectivity index (χ1v) is 5.56. The molecule has 1 amide bonds. The van der Waals surface area contributed by atoms with Crippen LogP contribution in [0.15, 0.2) is 29.2 Å². The van der Waals surface area contributed by atoms with Gasteiger partial charge in [-0.25, -0.2) is 0 Å². The lowest BCUT2D eigenvalue weighted by Crippen LogP contribution is -2.29. The van der Waals surface area contributed by atoms with Crippen LogP contribution in [-0.4, -0.2) is 35.3 Å². The molecule has 3 nitrogen and oxygen atoms in total. The zero-order valence-electron chi connectivity index (χ0n) is 9.10. The fraction of sp³-hybridized carbons (Fsp3) is 0.364. The van der Waals surface area contributed by atoms with Crippen LogP contribution in [0.2, 0.25) is 0 Å². The van der Waals surface area contributed by atoms with Crippen molar-refractivity contribution in [1.82, 2.24) is 4.90 Å². The summed E-state index contributed by atoms with van der Waals surface area (Å²) in [7, 11) is 3.45. The number of phenols is 1. The maximum Gasteiger partial charge on any atom is 0.235 e. The topological polar surface area (TPSA) is 40.5 Å². The molecule has 1 aromatic rings. The number of thioether (sulfide) groups is 1. The predicted molar refractivity (Wildman–Crippen MR) is 62.1 cm³/mol. The van der Waals surface area contributed by atoms with Gasteiger partial charge in [-0.15, -0.1) is 11.8 Å². The van der Waals surface area contributed by atoms with E-state index >= 15 is 0 Å². The van der Waals surface area contributed by atoms with Crippen molar-refractivity contribution in [3.63, 3.8) is 0 Å². The number of aromatic hydroxyl groups is 1. The van der Waals surface area contributed by atoms with Crippen LogP contribution in [0.5, 0.6) is 5.75 Å². The predicted octanol–water partition coefficient (Wildman–Crippen LogP) is 1.96. The summed E-state index contributed by atoms with van der Waals surface area (Å²) in [5.74, 6) is 0.268. The van der Waals surface area contributed by atoms with Gasteiger partial charge in [0.05, 0.1) is 5.25 Å². The molecule has 0 radical (unpaired) electrons. The maximum atomic E-state index is 11.6.